The number of amides is 1. The highest BCUT2D eigenvalue weighted by molar-refractivity contribution is 8.00. The van der Waals surface area contributed by atoms with Gasteiger partial charge in [-0.25, -0.2) is 0 Å². The first kappa shape index (κ1) is 19.3. The highest BCUT2D eigenvalue weighted by Gasteiger charge is 2.22. The van der Waals surface area contributed by atoms with Crippen molar-refractivity contribution < 1.29 is 14.3 Å². The van der Waals surface area contributed by atoms with E-state index in [1.807, 2.05) is 36.4 Å². The molecule has 1 amide bonds. The van der Waals surface area contributed by atoms with Gasteiger partial charge in [-0.05, 0) is 40.9 Å². The molecule has 1 aliphatic rings. The second kappa shape index (κ2) is 8.55. The molecule has 0 aliphatic carbocycles. The van der Waals surface area contributed by atoms with Crippen molar-refractivity contribution in [2.45, 2.75) is 17.9 Å². The normalized spacial score (nSPS) is 13.4. The second-order valence-electron chi connectivity index (χ2n) is 6.48. The Kier molecular flexibility index (Phi) is 5.90. The molecule has 1 aromatic heterocycles. The number of ether oxygens (including phenoxy) is 1. The fraction of sp³-hybridized carbons (Fsp3) is 0.238. The largest absolute Gasteiger partial charge is 0.455 e. The molecule has 3 aromatic rings. The monoisotopic (exact) mass is 431 g/mol. The van der Waals surface area contributed by atoms with E-state index < -0.39 is 5.97 Å². The number of esters is 1. The molecule has 0 atom stereocenters. The van der Waals surface area contributed by atoms with Crippen LogP contribution < -0.4 is 0 Å². The number of thiophene rings is 1. The van der Waals surface area contributed by atoms with Crippen LogP contribution in [0.1, 0.15) is 10.4 Å². The van der Waals surface area contributed by atoms with E-state index in [1.54, 1.807) is 16.2 Å². The van der Waals surface area contributed by atoms with E-state index in [0.29, 0.717) is 18.1 Å². The average Bonchev–Trinajstić information content (AvgIpc) is 3.18. The van der Waals surface area contributed by atoms with Crippen LogP contribution in [0.25, 0.3) is 10.8 Å². The zero-order valence-corrected chi connectivity index (χ0v) is 17.4. The van der Waals surface area contributed by atoms with Crippen LogP contribution in [0.5, 0.6) is 0 Å². The van der Waals surface area contributed by atoms with Crippen LogP contribution in [0.4, 0.5) is 0 Å². The highest BCUT2D eigenvalue weighted by atomic mass is 35.5. The molecule has 7 heteroatoms. The summed E-state index contributed by atoms with van der Waals surface area (Å²) in [7, 11) is 0. The summed E-state index contributed by atoms with van der Waals surface area (Å²) in [5.74, 6) is -0.425. The fourth-order valence-corrected chi connectivity index (χ4v) is 5.39. The van der Waals surface area contributed by atoms with Gasteiger partial charge in [-0.1, -0.05) is 35.9 Å². The second-order valence-corrected chi connectivity index (χ2v) is 8.90. The van der Waals surface area contributed by atoms with Gasteiger partial charge >= 0.3 is 5.97 Å². The number of carbonyl (C=O) groups excluding carboxylic acids is 2. The molecule has 1 aliphatic heterocycles. The molecule has 0 unspecified atom stereocenters. The number of hydrogen-bond donors (Lipinski definition) is 0. The lowest BCUT2D eigenvalue weighted by Crippen LogP contribution is -2.38. The number of benzene rings is 2. The summed E-state index contributed by atoms with van der Waals surface area (Å²) in [6.07, 6.45) is 0.865. The number of thioether (sulfide) groups is 1. The number of hydrogen-bond acceptors (Lipinski definition) is 5. The lowest BCUT2D eigenvalue weighted by atomic mass is 10.1. The number of fused-ring (bicyclic) bond motifs is 2. The predicted octanol–water partition coefficient (Wildman–Crippen LogP) is 4.77. The molecule has 0 radical (unpaired) electrons. The first-order chi connectivity index (χ1) is 13.6. The van der Waals surface area contributed by atoms with Crippen LogP contribution in [0, 0.1) is 0 Å². The van der Waals surface area contributed by atoms with Crippen LogP contribution in [-0.2, 0) is 27.3 Å². The molecule has 0 spiro atoms. The maximum Gasteiger partial charge on any atom is 0.316 e. The SMILES string of the molecule is O=C(CSc1cccc2cccc(Cl)c12)OCC(=O)N1CCc2sccc2C1. The minimum absolute atomic E-state index is 0.131. The summed E-state index contributed by atoms with van der Waals surface area (Å²) in [6.45, 7) is 1.06. The standard InChI is InChI=1S/C21H18ClNO3S2/c22-16-5-1-3-14-4-2-6-18(21(14)16)28-13-20(25)26-12-19(24)23-9-7-17-15(11-23)8-10-27-17/h1-6,8,10H,7,9,11-13H2. The van der Waals surface area contributed by atoms with Gasteiger partial charge < -0.3 is 9.64 Å². The molecular formula is C21H18ClNO3S2. The maximum absolute atomic E-state index is 12.4. The van der Waals surface area contributed by atoms with Crippen molar-refractivity contribution in [1.82, 2.24) is 4.90 Å². The van der Waals surface area contributed by atoms with E-state index in [-0.39, 0.29) is 18.3 Å². The number of halogens is 1. The Morgan fingerprint density at radius 2 is 2.00 bits per heavy atom. The van der Waals surface area contributed by atoms with Crippen molar-refractivity contribution in [2.24, 2.45) is 0 Å². The Morgan fingerprint density at radius 3 is 2.86 bits per heavy atom. The van der Waals surface area contributed by atoms with E-state index in [2.05, 4.69) is 11.4 Å². The zero-order valence-electron chi connectivity index (χ0n) is 15.0. The summed E-state index contributed by atoms with van der Waals surface area (Å²) >= 11 is 9.41. The van der Waals surface area contributed by atoms with Gasteiger partial charge in [-0.2, -0.15) is 0 Å². The molecule has 4 rings (SSSR count). The van der Waals surface area contributed by atoms with Crippen molar-refractivity contribution in [2.75, 3.05) is 18.9 Å². The lowest BCUT2D eigenvalue weighted by molar-refractivity contribution is -0.150. The van der Waals surface area contributed by atoms with Crippen LogP contribution >= 0.6 is 34.7 Å². The molecule has 0 fully saturated rings. The van der Waals surface area contributed by atoms with Crippen LogP contribution in [0.3, 0.4) is 0 Å². The van der Waals surface area contributed by atoms with Gasteiger partial charge in [0, 0.05) is 33.3 Å². The van der Waals surface area contributed by atoms with Gasteiger partial charge in [0.1, 0.15) is 0 Å². The molecule has 144 valence electrons. The lowest BCUT2D eigenvalue weighted by Gasteiger charge is -2.26. The third-order valence-corrected chi connectivity index (χ3v) is 7.05. The Labute approximate surface area is 176 Å². The Balaban J connectivity index is 1.30. The summed E-state index contributed by atoms with van der Waals surface area (Å²) < 4.78 is 5.21. The molecule has 0 N–H and O–H groups in total. The molecular weight excluding hydrogens is 414 g/mol. The van der Waals surface area contributed by atoms with Crippen LogP contribution in [0.2, 0.25) is 5.02 Å². The third-order valence-electron chi connectivity index (χ3n) is 4.68. The van der Waals surface area contributed by atoms with Gasteiger partial charge in [0.15, 0.2) is 6.61 Å². The van der Waals surface area contributed by atoms with Crippen LogP contribution in [-0.4, -0.2) is 35.7 Å². The minimum atomic E-state index is -0.407. The zero-order chi connectivity index (χ0) is 19.5. The first-order valence-electron chi connectivity index (χ1n) is 8.90. The number of rotatable bonds is 5. The Bertz CT molecular complexity index is 1030. The summed E-state index contributed by atoms with van der Waals surface area (Å²) in [5.41, 5.74) is 1.19. The molecule has 2 heterocycles. The molecule has 0 saturated heterocycles. The highest BCUT2D eigenvalue weighted by Crippen LogP contribution is 2.33. The molecule has 4 nitrogen and oxygen atoms in total. The number of nitrogens with zero attached hydrogens (tertiary/aromatic N) is 1. The van der Waals surface area contributed by atoms with Gasteiger partial charge in [0.2, 0.25) is 0 Å². The minimum Gasteiger partial charge on any atom is -0.455 e. The van der Waals surface area contributed by atoms with Gasteiger partial charge in [-0.3, -0.25) is 9.59 Å². The van der Waals surface area contributed by atoms with E-state index >= 15 is 0 Å². The van der Waals surface area contributed by atoms with E-state index in [0.717, 1.165) is 22.1 Å². The molecule has 0 saturated carbocycles. The fourth-order valence-electron chi connectivity index (χ4n) is 3.26. The predicted molar refractivity (Wildman–Crippen MR) is 114 cm³/mol. The molecule has 0 bridgehead atoms. The van der Waals surface area contributed by atoms with Crippen molar-refractivity contribution in [3.8, 4) is 0 Å². The van der Waals surface area contributed by atoms with Crippen molar-refractivity contribution >= 4 is 57.3 Å². The van der Waals surface area contributed by atoms with E-state index in [9.17, 15) is 9.59 Å². The summed E-state index contributed by atoms with van der Waals surface area (Å²) in [5, 5.41) is 4.66. The van der Waals surface area contributed by atoms with Gasteiger partial charge in [0.05, 0.1) is 5.75 Å². The smallest absolute Gasteiger partial charge is 0.316 e. The van der Waals surface area contributed by atoms with Crippen LogP contribution in [0.15, 0.2) is 52.7 Å². The van der Waals surface area contributed by atoms with Crippen molar-refractivity contribution in [3.05, 3.63) is 63.3 Å². The average molecular weight is 432 g/mol. The molecule has 28 heavy (non-hydrogen) atoms. The van der Waals surface area contributed by atoms with Crippen molar-refractivity contribution in [3.63, 3.8) is 0 Å². The van der Waals surface area contributed by atoms with Gasteiger partial charge in [0.25, 0.3) is 5.91 Å². The Hall–Kier alpha value is -2.02. The van der Waals surface area contributed by atoms with Crippen molar-refractivity contribution in [1.29, 1.82) is 0 Å². The Morgan fingerprint density at radius 1 is 1.18 bits per heavy atom. The van der Waals surface area contributed by atoms with Gasteiger partial charge in [-0.15, -0.1) is 23.1 Å². The maximum atomic E-state index is 12.4. The summed E-state index contributed by atoms with van der Waals surface area (Å²) in [6, 6.07) is 13.6. The third kappa shape index (κ3) is 4.19. The first-order valence-corrected chi connectivity index (χ1v) is 11.1. The van der Waals surface area contributed by atoms with E-state index in [1.165, 1.54) is 22.2 Å². The topological polar surface area (TPSA) is 46.6 Å². The molecule has 2 aromatic carbocycles. The van der Waals surface area contributed by atoms with E-state index in [4.69, 9.17) is 16.3 Å². The number of carbonyl (C=O) groups is 2. The summed E-state index contributed by atoms with van der Waals surface area (Å²) in [4.78, 5) is 28.5. The quantitative estimate of drug-likeness (QED) is 0.431.